The molecule has 0 atom stereocenters. The Labute approximate surface area is 144 Å². The van der Waals surface area contributed by atoms with Gasteiger partial charge in [-0.15, -0.1) is 12.4 Å². The number of carbonyl (C=O) groups excluding carboxylic acids is 1. The van der Waals surface area contributed by atoms with Gasteiger partial charge in [0.2, 0.25) is 5.91 Å². The molecule has 0 bridgehead atoms. The Kier molecular flexibility index (Phi) is 9.67. The monoisotopic (exact) mass is 342 g/mol. The number of hydrogen-bond donors (Lipinski definition) is 2. The van der Waals surface area contributed by atoms with E-state index in [4.69, 9.17) is 9.47 Å². The summed E-state index contributed by atoms with van der Waals surface area (Å²) < 4.78 is 10.7. The summed E-state index contributed by atoms with van der Waals surface area (Å²) in [5.74, 6) is 1.22. The third kappa shape index (κ3) is 7.20. The maximum absolute atomic E-state index is 11.9. The first-order valence-corrected chi connectivity index (χ1v) is 7.98. The summed E-state index contributed by atoms with van der Waals surface area (Å²) in [4.78, 5) is 11.9. The third-order valence-corrected chi connectivity index (χ3v) is 3.90. The average Bonchev–Trinajstić information content (AvgIpc) is 2.59. The van der Waals surface area contributed by atoms with Crippen molar-refractivity contribution in [3.8, 4) is 5.75 Å². The highest BCUT2D eigenvalue weighted by Gasteiger charge is 2.19. The second-order valence-corrected chi connectivity index (χ2v) is 5.57. The predicted octanol–water partition coefficient (Wildman–Crippen LogP) is 2.14. The van der Waals surface area contributed by atoms with Gasteiger partial charge >= 0.3 is 0 Å². The molecule has 0 aliphatic carbocycles. The molecule has 2 rings (SSSR count). The summed E-state index contributed by atoms with van der Waals surface area (Å²) in [5.41, 5.74) is 1.12. The number of methoxy groups -OCH3 is 1. The van der Waals surface area contributed by atoms with Crippen LogP contribution < -0.4 is 15.4 Å². The minimum atomic E-state index is 0. The van der Waals surface area contributed by atoms with Crippen molar-refractivity contribution in [1.29, 1.82) is 0 Å². The molecule has 1 aliphatic heterocycles. The fraction of sp³-hybridized carbons (Fsp3) is 0.588. The van der Waals surface area contributed by atoms with Gasteiger partial charge in [-0.25, -0.2) is 0 Å². The van der Waals surface area contributed by atoms with Crippen LogP contribution in [0.15, 0.2) is 24.3 Å². The molecule has 1 saturated heterocycles. The summed E-state index contributed by atoms with van der Waals surface area (Å²) in [6.07, 6.45) is 2.73. The lowest BCUT2D eigenvalue weighted by atomic mass is 9.97. The molecule has 5 nitrogen and oxygen atoms in total. The number of halogens is 1. The number of nitrogens with one attached hydrogen (secondary N) is 2. The fourth-order valence-electron chi connectivity index (χ4n) is 2.53. The Morgan fingerprint density at radius 1 is 1.26 bits per heavy atom. The number of rotatable bonds is 8. The SMILES string of the molecule is COc1ccc(COCCCNC(=O)C2CCNCC2)cc1.Cl. The minimum Gasteiger partial charge on any atom is -0.497 e. The lowest BCUT2D eigenvalue weighted by molar-refractivity contribution is -0.125. The molecule has 1 aliphatic rings. The summed E-state index contributed by atoms with van der Waals surface area (Å²) in [6, 6.07) is 7.85. The Morgan fingerprint density at radius 2 is 1.96 bits per heavy atom. The quantitative estimate of drug-likeness (QED) is 0.711. The lowest BCUT2D eigenvalue weighted by Gasteiger charge is -2.21. The van der Waals surface area contributed by atoms with Crippen LogP contribution in [0.2, 0.25) is 0 Å². The van der Waals surface area contributed by atoms with Crippen molar-refractivity contribution in [2.24, 2.45) is 5.92 Å². The van der Waals surface area contributed by atoms with Crippen LogP contribution in [-0.2, 0) is 16.1 Å². The van der Waals surface area contributed by atoms with Gasteiger partial charge in [0, 0.05) is 19.1 Å². The molecule has 1 fully saturated rings. The Bertz CT molecular complexity index is 448. The Balaban J connectivity index is 0.00000264. The van der Waals surface area contributed by atoms with Gasteiger partial charge in [-0.1, -0.05) is 12.1 Å². The van der Waals surface area contributed by atoms with Crippen LogP contribution in [0.4, 0.5) is 0 Å². The van der Waals surface area contributed by atoms with E-state index in [1.165, 1.54) is 0 Å². The Morgan fingerprint density at radius 3 is 2.61 bits per heavy atom. The largest absolute Gasteiger partial charge is 0.497 e. The summed E-state index contributed by atoms with van der Waals surface area (Å²) in [5, 5.41) is 6.27. The zero-order valence-corrected chi connectivity index (χ0v) is 14.5. The molecule has 0 saturated carbocycles. The summed E-state index contributed by atoms with van der Waals surface area (Å²) in [6.45, 7) is 3.82. The first-order chi connectivity index (χ1) is 10.8. The van der Waals surface area contributed by atoms with Gasteiger partial charge in [0.1, 0.15) is 5.75 Å². The van der Waals surface area contributed by atoms with E-state index in [1.807, 2.05) is 24.3 Å². The standard InChI is InChI=1S/C17H26N2O3.ClH/c1-21-16-5-3-14(4-6-16)13-22-12-2-9-19-17(20)15-7-10-18-11-8-15;/h3-6,15,18H,2,7-13H2,1H3,(H,19,20);1H. The number of ether oxygens (including phenoxy) is 2. The fourth-order valence-corrected chi connectivity index (χ4v) is 2.53. The normalized spacial score (nSPS) is 14.8. The van der Waals surface area contributed by atoms with E-state index in [9.17, 15) is 4.79 Å². The molecule has 1 aromatic rings. The zero-order chi connectivity index (χ0) is 15.6. The number of carbonyl (C=O) groups is 1. The molecule has 0 unspecified atom stereocenters. The molecule has 1 heterocycles. The van der Waals surface area contributed by atoms with Gasteiger partial charge < -0.3 is 20.1 Å². The summed E-state index contributed by atoms with van der Waals surface area (Å²) in [7, 11) is 1.66. The van der Waals surface area contributed by atoms with Crippen LogP contribution in [0.1, 0.15) is 24.8 Å². The van der Waals surface area contributed by atoms with Crippen LogP contribution in [0.3, 0.4) is 0 Å². The van der Waals surface area contributed by atoms with Crippen LogP contribution in [0.5, 0.6) is 5.75 Å². The first kappa shape index (κ1) is 19.7. The van der Waals surface area contributed by atoms with Gasteiger partial charge in [-0.2, -0.15) is 0 Å². The zero-order valence-electron chi connectivity index (χ0n) is 13.7. The molecule has 23 heavy (non-hydrogen) atoms. The molecule has 0 aromatic heterocycles. The second kappa shape index (κ2) is 11.3. The smallest absolute Gasteiger partial charge is 0.223 e. The predicted molar refractivity (Wildman–Crippen MR) is 93.1 cm³/mol. The van der Waals surface area contributed by atoms with Gasteiger partial charge in [0.05, 0.1) is 13.7 Å². The molecule has 0 spiro atoms. The van der Waals surface area contributed by atoms with Crippen molar-refractivity contribution in [3.05, 3.63) is 29.8 Å². The number of piperidine rings is 1. The first-order valence-electron chi connectivity index (χ1n) is 7.98. The van der Waals surface area contributed by atoms with Gasteiger partial charge in [0.25, 0.3) is 0 Å². The Hall–Kier alpha value is -1.30. The van der Waals surface area contributed by atoms with Crippen LogP contribution in [-0.4, -0.2) is 39.3 Å². The van der Waals surface area contributed by atoms with E-state index in [2.05, 4.69) is 10.6 Å². The molecule has 1 aromatic carbocycles. The van der Waals surface area contributed by atoms with Gasteiger partial charge in [-0.05, 0) is 50.0 Å². The van der Waals surface area contributed by atoms with Crippen molar-refractivity contribution >= 4 is 18.3 Å². The minimum absolute atomic E-state index is 0. The van der Waals surface area contributed by atoms with E-state index in [0.29, 0.717) is 19.8 Å². The maximum atomic E-state index is 11.9. The van der Waals surface area contributed by atoms with E-state index in [-0.39, 0.29) is 24.2 Å². The van der Waals surface area contributed by atoms with Crippen LogP contribution >= 0.6 is 12.4 Å². The van der Waals surface area contributed by atoms with Crippen molar-refractivity contribution < 1.29 is 14.3 Å². The van der Waals surface area contributed by atoms with Crippen molar-refractivity contribution in [3.63, 3.8) is 0 Å². The van der Waals surface area contributed by atoms with E-state index in [1.54, 1.807) is 7.11 Å². The molecule has 2 N–H and O–H groups in total. The van der Waals surface area contributed by atoms with E-state index >= 15 is 0 Å². The molecule has 0 radical (unpaired) electrons. The maximum Gasteiger partial charge on any atom is 0.223 e. The van der Waals surface area contributed by atoms with Crippen molar-refractivity contribution in [2.75, 3.05) is 33.4 Å². The molecular weight excluding hydrogens is 316 g/mol. The van der Waals surface area contributed by atoms with Crippen LogP contribution in [0.25, 0.3) is 0 Å². The topological polar surface area (TPSA) is 59.6 Å². The molecule has 130 valence electrons. The molecular formula is C17H27ClN2O3. The number of amides is 1. The molecule has 1 amide bonds. The highest BCUT2D eigenvalue weighted by Crippen LogP contribution is 2.12. The summed E-state index contributed by atoms with van der Waals surface area (Å²) >= 11 is 0. The van der Waals surface area contributed by atoms with E-state index < -0.39 is 0 Å². The molecule has 6 heteroatoms. The second-order valence-electron chi connectivity index (χ2n) is 5.57. The van der Waals surface area contributed by atoms with E-state index in [0.717, 1.165) is 43.7 Å². The third-order valence-electron chi connectivity index (χ3n) is 3.90. The van der Waals surface area contributed by atoms with Crippen molar-refractivity contribution in [1.82, 2.24) is 10.6 Å². The average molecular weight is 343 g/mol. The van der Waals surface area contributed by atoms with Gasteiger partial charge in [-0.3, -0.25) is 4.79 Å². The number of hydrogen-bond acceptors (Lipinski definition) is 4. The lowest BCUT2D eigenvalue weighted by Crippen LogP contribution is -2.38. The van der Waals surface area contributed by atoms with Gasteiger partial charge in [0.15, 0.2) is 0 Å². The number of benzene rings is 1. The highest BCUT2D eigenvalue weighted by atomic mass is 35.5. The highest BCUT2D eigenvalue weighted by molar-refractivity contribution is 5.85. The van der Waals surface area contributed by atoms with Crippen LogP contribution in [0, 0.1) is 5.92 Å². The van der Waals surface area contributed by atoms with Crippen molar-refractivity contribution in [2.45, 2.75) is 25.9 Å².